The van der Waals surface area contributed by atoms with E-state index in [0.29, 0.717) is 58.3 Å². The molecule has 0 unspecified atom stereocenters. The number of hydrogen-bond acceptors (Lipinski definition) is 8. The van der Waals surface area contributed by atoms with E-state index in [1.807, 2.05) is 30.5 Å². The molecule has 11 nitrogen and oxygen atoms in total. The monoisotopic (exact) mass is 485 g/mol. The molecule has 0 spiro atoms. The van der Waals surface area contributed by atoms with Crippen LogP contribution in [-0.2, 0) is 18.8 Å². The van der Waals surface area contributed by atoms with Gasteiger partial charge in [0.25, 0.3) is 5.56 Å². The fraction of sp³-hybridized carbons (Fsp3) is 0.409. The Morgan fingerprint density at radius 2 is 1.91 bits per heavy atom. The van der Waals surface area contributed by atoms with Crippen molar-refractivity contribution in [1.29, 1.82) is 0 Å². The summed E-state index contributed by atoms with van der Waals surface area (Å²) >= 11 is 1.39. The zero-order valence-corrected chi connectivity index (χ0v) is 20.4. The van der Waals surface area contributed by atoms with Crippen LogP contribution in [0.5, 0.6) is 11.5 Å². The lowest BCUT2D eigenvalue weighted by molar-refractivity contribution is 0.395. The van der Waals surface area contributed by atoms with Crippen molar-refractivity contribution in [2.45, 2.75) is 50.7 Å². The molecule has 1 aromatic carbocycles. The molecule has 180 valence electrons. The third-order valence-electron chi connectivity index (χ3n) is 5.48. The van der Waals surface area contributed by atoms with Crippen LogP contribution in [0.3, 0.4) is 0 Å². The molecule has 0 aliphatic rings. The van der Waals surface area contributed by atoms with Crippen molar-refractivity contribution >= 4 is 22.9 Å². The summed E-state index contributed by atoms with van der Waals surface area (Å²) in [6, 6.07) is 5.46. The number of methoxy groups -OCH3 is 2. The van der Waals surface area contributed by atoms with E-state index < -0.39 is 11.2 Å². The Morgan fingerprint density at radius 1 is 1.09 bits per heavy atom. The lowest BCUT2D eigenvalue weighted by Gasteiger charge is -2.07. The molecule has 3 heterocycles. The molecule has 0 radical (unpaired) electrons. The van der Waals surface area contributed by atoms with Gasteiger partial charge in [-0.2, -0.15) is 0 Å². The number of unbranched alkanes of at least 4 members (excludes halogenated alkanes) is 1. The summed E-state index contributed by atoms with van der Waals surface area (Å²) in [6.45, 7) is 5.04. The van der Waals surface area contributed by atoms with Crippen molar-refractivity contribution in [3.05, 3.63) is 44.9 Å². The molecule has 0 fully saturated rings. The van der Waals surface area contributed by atoms with E-state index in [9.17, 15) is 9.59 Å². The highest BCUT2D eigenvalue weighted by molar-refractivity contribution is 7.98. The second-order valence-corrected chi connectivity index (χ2v) is 8.47. The lowest BCUT2D eigenvalue weighted by Crippen LogP contribution is -2.31. The van der Waals surface area contributed by atoms with Crippen molar-refractivity contribution in [2.75, 3.05) is 14.2 Å². The fourth-order valence-corrected chi connectivity index (χ4v) is 4.49. The molecule has 12 heteroatoms. The number of benzene rings is 1. The van der Waals surface area contributed by atoms with Gasteiger partial charge < -0.3 is 14.0 Å². The van der Waals surface area contributed by atoms with Gasteiger partial charge in [-0.05, 0) is 25.5 Å². The van der Waals surface area contributed by atoms with Crippen LogP contribution in [0.25, 0.3) is 22.6 Å². The standard InChI is InChI=1S/C22H27N7O4S/c1-5-7-10-29-19-17(20(30)25-22(29)31)28(6-2)16(23-19)12-34-21-24-18(26-27-21)14-9-8-13(32-3)11-15(14)33-4/h8-9,11H,5-7,10,12H2,1-4H3,(H,24,26,27)(H,25,30,31). The molecule has 4 rings (SSSR count). The third-order valence-corrected chi connectivity index (χ3v) is 6.32. The van der Waals surface area contributed by atoms with Gasteiger partial charge in [0.1, 0.15) is 17.3 Å². The summed E-state index contributed by atoms with van der Waals surface area (Å²) in [7, 11) is 3.18. The Morgan fingerprint density at radius 3 is 2.62 bits per heavy atom. The molecular formula is C22H27N7O4S. The molecular weight excluding hydrogens is 458 g/mol. The predicted molar refractivity (Wildman–Crippen MR) is 130 cm³/mol. The van der Waals surface area contributed by atoms with E-state index in [1.165, 1.54) is 11.8 Å². The number of fused-ring (bicyclic) bond motifs is 1. The second kappa shape index (κ2) is 10.2. The van der Waals surface area contributed by atoms with Gasteiger partial charge in [-0.25, -0.2) is 14.8 Å². The predicted octanol–water partition coefficient (Wildman–Crippen LogP) is 2.80. The van der Waals surface area contributed by atoms with Gasteiger partial charge in [0.2, 0.25) is 5.16 Å². The van der Waals surface area contributed by atoms with Gasteiger partial charge in [0.15, 0.2) is 17.0 Å². The van der Waals surface area contributed by atoms with Crippen LogP contribution in [0.4, 0.5) is 0 Å². The maximum absolute atomic E-state index is 12.6. The van der Waals surface area contributed by atoms with E-state index >= 15 is 0 Å². The third kappa shape index (κ3) is 4.45. The van der Waals surface area contributed by atoms with E-state index in [4.69, 9.17) is 9.47 Å². The Balaban J connectivity index is 1.63. The second-order valence-electron chi connectivity index (χ2n) is 7.53. The molecule has 2 N–H and O–H groups in total. The molecule has 0 bridgehead atoms. The number of nitrogens with one attached hydrogen (secondary N) is 2. The van der Waals surface area contributed by atoms with Crippen molar-refractivity contribution in [3.8, 4) is 22.9 Å². The SMILES string of the molecule is CCCCn1c(=O)[nH]c(=O)c2c1nc(CSc1n[nH]c(-c3ccc(OC)cc3OC)n1)n2CC. The van der Waals surface area contributed by atoms with Crippen LogP contribution in [0.15, 0.2) is 32.9 Å². The molecule has 0 atom stereocenters. The summed E-state index contributed by atoms with van der Waals surface area (Å²) < 4.78 is 14.1. The molecule has 0 aliphatic carbocycles. The van der Waals surface area contributed by atoms with Crippen LogP contribution < -0.4 is 20.7 Å². The van der Waals surface area contributed by atoms with Crippen LogP contribution in [0.2, 0.25) is 0 Å². The smallest absolute Gasteiger partial charge is 0.330 e. The summed E-state index contributed by atoms with van der Waals surface area (Å²) in [4.78, 5) is 36.6. The molecule has 0 amide bonds. The van der Waals surface area contributed by atoms with Gasteiger partial charge in [0, 0.05) is 19.2 Å². The Hall–Kier alpha value is -3.54. The Labute approximate surface area is 199 Å². The number of thioether (sulfide) groups is 1. The van der Waals surface area contributed by atoms with Gasteiger partial charge >= 0.3 is 5.69 Å². The number of nitrogens with zero attached hydrogens (tertiary/aromatic N) is 5. The van der Waals surface area contributed by atoms with Crippen LogP contribution in [-0.4, -0.2) is 48.5 Å². The highest BCUT2D eigenvalue weighted by Crippen LogP contribution is 2.32. The minimum absolute atomic E-state index is 0.410. The van der Waals surface area contributed by atoms with Crippen molar-refractivity contribution in [1.82, 2.24) is 34.3 Å². The minimum Gasteiger partial charge on any atom is -0.497 e. The number of aryl methyl sites for hydroxylation is 2. The van der Waals surface area contributed by atoms with Gasteiger partial charge in [-0.3, -0.25) is 19.4 Å². The molecule has 3 aromatic heterocycles. The minimum atomic E-state index is -0.432. The highest BCUT2D eigenvalue weighted by atomic mass is 32.2. The lowest BCUT2D eigenvalue weighted by atomic mass is 10.2. The van der Waals surface area contributed by atoms with E-state index in [0.717, 1.165) is 18.4 Å². The van der Waals surface area contributed by atoms with E-state index in [-0.39, 0.29) is 0 Å². The molecule has 0 saturated carbocycles. The number of H-pyrrole nitrogens is 2. The average Bonchev–Trinajstić information content (AvgIpc) is 3.46. The fourth-order valence-electron chi connectivity index (χ4n) is 3.75. The van der Waals surface area contributed by atoms with Crippen LogP contribution in [0, 0.1) is 0 Å². The number of aromatic amines is 2. The summed E-state index contributed by atoms with van der Waals surface area (Å²) in [5.41, 5.74) is 0.726. The highest BCUT2D eigenvalue weighted by Gasteiger charge is 2.19. The van der Waals surface area contributed by atoms with Gasteiger partial charge in [-0.15, -0.1) is 5.10 Å². The number of hydrogen-bond donors (Lipinski definition) is 2. The first kappa shape index (κ1) is 23.6. The Bertz CT molecular complexity index is 1420. The average molecular weight is 486 g/mol. The number of rotatable bonds is 10. The normalized spacial score (nSPS) is 11.3. The first-order valence-electron chi connectivity index (χ1n) is 11.0. The number of ether oxygens (including phenoxy) is 2. The first-order chi connectivity index (χ1) is 16.5. The van der Waals surface area contributed by atoms with Crippen LogP contribution in [0.1, 0.15) is 32.5 Å². The van der Waals surface area contributed by atoms with E-state index in [1.54, 1.807) is 24.9 Å². The number of aromatic nitrogens is 7. The zero-order chi connectivity index (χ0) is 24.2. The molecule has 0 saturated heterocycles. The summed E-state index contributed by atoms with van der Waals surface area (Å²) in [5, 5.41) is 7.78. The molecule has 4 aromatic rings. The topological polar surface area (TPSA) is 133 Å². The first-order valence-corrected chi connectivity index (χ1v) is 12.0. The van der Waals surface area contributed by atoms with Crippen molar-refractivity contribution < 1.29 is 9.47 Å². The summed E-state index contributed by atoms with van der Waals surface area (Å²) in [6.07, 6.45) is 1.75. The quantitative estimate of drug-likeness (QED) is 0.328. The molecule has 34 heavy (non-hydrogen) atoms. The van der Waals surface area contributed by atoms with Gasteiger partial charge in [0.05, 0.1) is 25.5 Å². The largest absolute Gasteiger partial charge is 0.497 e. The molecule has 0 aliphatic heterocycles. The Kier molecular flexibility index (Phi) is 7.06. The van der Waals surface area contributed by atoms with Crippen molar-refractivity contribution in [2.24, 2.45) is 0 Å². The number of imidazole rings is 1. The maximum atomic E-state index is 12.6. The zero-order valence-electron chi connectivity index (χ0n) is 19.5. The van der Waals surface area contributed by atoms with E-state index in [2.05, 4.69) is 25.1 Å². The maximum Gasteiger partial charge on any atom is 0.330 e. The summed E-state index contributed by atoms with van der Waals surface area (Å²) in [5.74, 6) is 2.97. The van der Waals surface area contributed by atoms with Crippen molar-refractivity contribution in [3.63, 3.8) is 0 Å². The van der Waals surface area contributed by atoms with Crippen LogP contribution >= 0.6 is 11.8 Å². The van der Waals surface area contributed by atoms with Gasteiger partial charge in [-0.1, -0.05) is 25.1 Å².